The molecule has 0 saturated heterocycles. The van der Waals surface area contributed by atoms with Crippen molar-refractivity contribution in [2.75, 3.05) is 5.32 Å². The number of benzene rings is 1. The summed E-state index contributed by atoms with van der Waals surface area (Å²) in [5, 5.41) is 8.04. The highest BCUT2D eigenvalue weighted by Gasteiger charge is 2.13. The number of anilines is 1. The standard InChI is InChI=1S/C16H14Br2N4O/c1-9(2)22-15-10(8-20-22)5-11(7-19-15)16(23)21-14-4-3-12(17)6-13(14)18/h3-9H,1-2H3,(H,21,23). The monoisotopic (exact) mass is 436 g/mol. The molecular weight excluding hydrogens is 424 g/mol. The number of rotatable bonds is 3. The van der Waals surface area contributed by atoms with E-state index in [9.17, 15) is 4.79 Å². The maximum atomic E-state index is 12.4. The number of hydrogen-bond donors (Lipinski definition) is 1. The first-order chi connectivity index (χ1) is 11.0. The van der Waals surface area contributed by atoms with E-state index < -0.39 is 0 Å². The summed E-state index contributed by atoms with van der Waals surface area (Å²) in [7, 11) is 0. The zero-order chi connectivity index (χ0) is 16.6. The van der Waals surface area contributed by atoms with E-state index in [-0.39, 0.29) is 11.9 Å². The van der Waals surface area contributed by atoms with Crippen LogP contribution in [0.25, 0.3) is 11.0 Å². The third-order valence-electron chi connectivity index (χ3n) is 3.36. The summed E-state index contributed by atoms with van der Waals surface area (Å²) in [6.07, 6.45) is 3.31. The molecule has 0 unspecified atom stereocenters. The number of nitrogens with one attached hydrogen (secondary N) is 1. The summed E-state index contributed by atoms with van der Waals surface area (Å²) in [5.41, 5.74) is 1.98. The molecule has 0 bridgehead atoms. The molecule has 0 saturated carbocycles. The summed E-state index contributed by atoms with van der Waals surface area (Å²) in [5.74, 6) is -0.209. The molecule has 3 rings (SSSR count). The van der Waals surface area contributed by atoms with Gasteiger partial charge < -0.3 is 5.32 Å². The molecule has 0 aliphatic heterocycles. The average molecular weight is 438 g/mol. The normalized spacial score (nSPS) is 11.2. The first kappa shape index (κ1) is 16.1. The van der Waals surface area contributed by atoms with E-state index >= 15 is 0 Å². The number of fused-ring (bicyclic) bond motifs is 1. The molecule has 0 radical (unpaired) electrons. The molecule has 2 heterocycles. The lowest BCUT2D eigenvalue weighted by molar-refractivity contribution is 0.102. The molecule has 0 atom stereocenters. The van der Waals surface area contributed by atoms with Crippen LogP contribution >= 0.6 is 31.9 Å². The highest BCUT2D eigenvalue weighted by molar-refractivity contribution is 9.11. The van der Waals surface area contributed by atoms with Crippen LogP contribution in [-0.4, -0.2) is 20.7 Å². The van der Waals surface area contributed by atoms with Crippen molar-refractivity contribution >= 4 is 54.5 Å². The van der Waals surface area contributed by atoms with Crippen molar-refractivity contribution in [2.45, 2.75) is 19.9 Å². The van der Waals surface area contributed by atoms with Crippen molar-refractivity contribution < 1.29 is 4.79 Å². The molecular formula is C16H14Br2N4O. The second-order valence-electron chi connectivity index (χ2n) is 5.40. The van der Waals surface area contributed by atoms with Gasteiger partial charge >= 0.3 is 0 Å². The lowest BCUT2D eigenvalue weighted by Crippen LogP contribution is -2.13. The predicted molar refractivity (Wildman–Crippen MR) is 97.7 cm³/mol. The molecule has 3 aromatic rings. The van der Waals surface area contributed by atoms with Crippen molar-refractivity contribution in [1.82, 2.24) is 14.8 Å². The van der Waals surface area contributed by atoms with Gasteiger partial charge in [-0.1, -0.05) is 15.9 Å². The van der Waals surface area contributed by atoms with Gasteiger partial charge in [-0.25, -0.2) is 9.67 Å². The molecule has 1 amide bonds. The highest BCUT2D eigenvalue weighted by Crippen LogP contribution is 2.26. The predicted octanol–water partition coefficient (Wildman–Crippen LogP) is 4.79. The summed E-state index contributed by atoms with van der Waals surface area (Å²) in [6.45, 7) is 4.08. The van der Waals surface area contributed by atoms with Crippen LogP contribution in [0.3, 0.4) is 0 Å². The Balaban J connectivity index is 1.89. The average Bonchev–Trinajstić information content (AvgIpc) is 2.93. The van der Waals surface area contributed by atoms with Crippen molar-refractivity contribution in [2.24, 2.45) is 0 Å². The van der Waals surface area contributed by atoms with E-state index in [4.69, 9.17) is 0 Å². The smallest absolute Gasteiger partial charge is 0.257 e. The lowest BCUT2D eigenvalue weighted by atomic mass is 10.2. The van der Waals surface area contributed by atoms with Gasteiger partial charge in [0.15, 0.2) is 5.65 Å². The van der Waals surface area contributed by atoms with Gasteiger partial charge in [0.05, 0.1) is 17.4 Å². The second-order valence-corrected chi connectivity index (χ2v) is 7.17. The van der Waals surface area contributed by atoms with E-state index in [2.05, 4.69) is 47.3 Å². The van der Waals surface area contributed by atoms with Gasteiger partial charge in [-0.3, -0.25) is 4.79 Å². The number of carbonyl (C=O) groups excluding carboxylic acids is 1. The third-order valence-corrected chi connectivity index (χ3v) is 4.51. The van der Waals surface area contributed by atoms with Crippen LogP contribution < -0.4 is 5.32 Å². The fraction of sp³-hybridized carbons (Fsp3) is 0.188. The number of nitrogens with zero attached hydrogens (tertiary/aromatic N) is 3. The van der Waals surface area contributed by atoms with E-state index in [0.29, 0.717) is 11.3 Å². The first-order valence-corrected chi connectivity index (χ1v) is 8.64. The van der Waals surface area contributed by atoms with Gasteiger partial charge in [0.2, 0.25) is 0 Å². The number of carbonyl (C=O) groups is 1. The fourth-order valence-electron chi connectivity index (χ4n) is 2.23. The minimum Gasteiger partial charge on any atom is -0.321 e. The molecule has 23 heavy (non-hydrogen) atoms. The summed E-state index contributed by atoms with van der Waals surface area (Å²) >= 11 is 6.82. The van der Waals surface area contributed by atoms with Crippen LogP contribution in [0.4, 0.5) is 5.69 Å². The van der Waals surface area contributed by atoms with Gasteiger partial charge in [-0.15, -0.1) is 0 Å². The lowest BCUT2D eigenvalue weighted by Gasteiger charge is -2.09. The number of aromatic nitrogens is 3. The van der Waals surface area contributed by atoms with Gasteiger partial charge in [0.1, 0.15) is 0 Å². The topological polar surface area (TPSA) is 59.8 Å². The van der Waals surface area contributed by atoms with Crippen molar-refractivity contribution in [3.8, 4) is 0 Å². The largest absolute Gasteiger partial charge is 0.321 e. The van der Waals surface area contributed by atoms with Crippen LogP contribution in [0.5, 0.6) is 0 Å². The zero-order valence-electron chi connectivity index (χ0n) is 12.5. The molecule has 118 valence electrons. The molecule has 0 spiro atoms. The van der Waals surface area contributed by atoms with Crippen LogP contribution in [-0.2, 0) is 0 Å². The Hall–Kier alpha value is -1.73. The van der Waals surface area contributed by atoms with E-state index in [1.807, 2.05) is 36.7 Å². The van der Waals surface area contributed by atoms with Crippen LogP contribution in [0, 0.1) is 0 Å². The van der Waals surface area contributed by atoms with Gasteiger partial charge in [-0.2, -0.15) is 5.10 Å². The van der Waals surface area contributed by atoms with Gasteiger partial charge in [-0.05, 0) is 54.0 Å². The van der Waals surface area contributed by atoms with Crippen molar-refractivity contribution in [3.05, 3.63) is 51.2 Å². The van der Waals surface area contributed by atoms with Gasteiger partial charge in [0.25, 0.3) is 5.91 Å². The summed E-state index contributed by atoms with van der Waals surface area (Å²) in [4.78, 5) is 16.8. The van der Waals surface area contributed by atoms with E-state index in [0.717, 1.165) is 20.0 Å². The minimum atomic E-state index is -0.209. The molecule has 0 aliphatic rings. The molecule has 5 nitrogen and oxygen atoms in total. The molecule has 0 fully saturated rings. The third kappa shape index (κ3) is 3.30. The molecule has 1 aromatic carbocycles. The second kappa shape index (κ2) is 6.41. The first-order valence-electron chi connectivity index (χ1n) is 7.05. The quantitative estimate of drug-likeness (QED) is 0.640. The van der Waals surface area contributed by atoms with Crippen molar-refractivity contribution in [3.63, 3.8) is 0 Å². The Kier molecular flexibility index (Phi) is 4.50. The number of halogens is 2. The van der Waals surface area contributed by atoms with Crippen molar-refractivity contribution in [1.29, 1.82) is 0 Å². The Labute approximate surface area is 150 Å². The minimum absolute atomic E-state index is 0.209. The molecule has 7 heteroatoms. The van der Waals surface area contributed by atoms with E-state index in [1.54, 1.807) is 18.5 Å². The zero-order valence-corrected chi connectivity index (χ0v) is 15.7. The van der Waals surface area contributed by atoms with Crippen LogP contribution in [0.1, 0.15) is 30.2 Å². The fourth-order valence-corrected chi connectivity index (χ4v) is 3.37. The summed E-state index contributed by atoms with van der Waals surface area (Å²) in [6, 6.07) is 7.60. The van der Waals surface area contributed by atoms with E-state index in [1.165, 1.54) is 0 Å². The Morgan fingerprint density at radius 3 is 2.70 bits per heavy atom. The molecule has 0 aliphatic carbocycles. The summed E-state index contributed by atoms with van der Waals surface area (Å²) < 4.78 is 3.58. The maximum Gasteiger partial charge on any atom is 0.257 e. The van der Waals surface area contributed by atoms with Gasteiger partial charge in [0, 0.05) is 26.6 Å². The Morgan fingerprint density at radius 1 is 1.22 bits per heavy atom. The highest BCUT2D eigenvalue weighted by atomic mass is 79.9. The SMILES string of the molecule is CC(C)n1ncc2cc(C(=O)Nc3ccc(Br)cc3Br)cnc21. The Morgan fingerprint density at radius 2 is 2.00 bits per heavy atom. The number of amides is 1. The molecule has 2 aromatic heterocycles. The van der Waals surface area contributed by atoms with Crippen LogP contribution in [0.15, 0.2) is 45.6 Å². The Bertz CT molecular complexity index is 889. The number of hydrogen-bond acceptors (Lipinski definition) is 3. The maximum absolute atomic E-state index is 12.4. The molecule has 1 N–H and O–H groups in total. The van der Waals surface area contributed by atoms with Crippen LogP contribution in [0.2, 0.25) is 0 Å². The number of pyridine rings is 1.